The lowest BCUT2D eigenvalue weighted by atomic mass is 10.1. The molecule has 0 fully saturated rings. The maximum Gasteiger partial charge on any atom is 0.287 e. The number of aromatic nitrogens is 1. The van der Waals surface area contributed by atoms with E-state index in [4.69, 9.17) is 0 Å². The quantitative estimate of drug-likeness (QED) is 0.564. The van der Waals surface area contributed by atoms with Gasteiger partial charge in [0.15, 0.2) is 0 Å². The molecule has 0 bridgehead atoms. The van der Waals surface area contributed by atoms with Gasteiger partial charge in [0, 0.05) is 19.2 Å². The molecule has 1 rings (SSSR count). The molecule has 94 valence electrons. The third-order valence-corrected chi connectivity index (χ3v) is 2.88. The third kappa shape index (κ3) is 3.69. The predicted molar refractivity (Wildman–Crippen MR) is 68.2 cm³/mol. The van der Waals surface area contributed by atoms with Crippen molar-refractivity contribution in [1.29, 1.82) is 0 Å². The highest BCUT2D eigenvalue weighted by Crippen LogP contribution is 2.17. The summed E-state index contributed by atoms with van der Waals surface area (Å²) in [5.41, 5.74) is 0.0355. The number of hydrogen-bond acceptors (Lipinski definition) is 4. The van der Waals surface area contributed by atoms with Gasteiger partial charge in [0.25, 0.3) is 5.69 Å². The normalized spacial score (nSPS) is 12.2. The van der Waals surface area contributed by atoms with Crippen molar-refractivity contribution in [3.8, 4) is 0 Å². The number of rotatable bonds is 6. The van der Waals surface area contributed by atoms with Crippen LogP contribution in [-0.4, -0.2) is 23.0 Å². The van der Waals surface area contributed by atoms with E-state index in [0.29, 0.717) is 5.92 Å². The van der Waals surface area contributed by atoms with Crippen LogP contribution >= 0.6 is 0 Å². The minimum atomic E-state index is -0.429. The molecule has 0 aliphatic rings. The zero-order valence-electron chi connectivity index (χ0n) is 10.6. The molecule has 0 N–H and O–H groups in total. The molecule has 0 amide bonds. The molecule has 1 heterocycles. The first-order valence-electron chi connectivity index (χ1n) is 5.93. The van der Waals surface area contributed by atoms with E-state index in [2.05, 4.69) is 30.7 Å². The highest BCUT2D eigenvalue weighted by molar-refractivity contribution is 5.42. The first-order chi connectivity index (χ1) is 8.08. The van der Waals surface area contributed by atoms with Gasteiger partial charge in [-0.25, -0.2) is 4.98 Å². The van der Waals surface area contributed by atoms with E-state index in [-0.39, 0.29) is 5.69 Å². The summed E-state index contributed by atoms with van der Waals surface area (Å²) in [6.45, 7) is 8.19. The second-order valence-electron chi connectivity index (χ2n) is 4.18. The summed E-state index contributed by atoms with van der Waals surface area (Å²) < 4.78 is 0. The van der Waals surface area contributed by atoms with Gasteiger partial charge in [-0.05, 0) is 18.9 Å². The smallest absolute Gasteiger partial charge is 0.287 e. The number of nitro groups is 1. The molecule has 0 aromatic carbocycles. The molecule has 1 atom stereocenters. The fourth-order valence-corrected chi connectivity index (χ4v) is 1.56. The number of pyridine rings is 1. The van der Waals surface area contributed by atoms with E-state index in [1.807, 2.05) is 0 Å². The van der Waals surface area contributed by atoms with Gasteiger partial charge in [-0.15, -0.1) is 0 Å². The van der Waals surface area contributed by atoms with Gasteiger partial charge in [0.2, 0.25) is 0 Å². The summed E-state index contributed by atoms with van der Waals surface area (Å²) in [5, 5.41) is 10.5. The lowest BCUT2D eigenvalue weighted by molar-refractivity contribution is -0.385. The van der Waals surface area contributed by atoms with E-state index < -0.39 is 4.92 Å². The van der Waals surface area contributed by atoms with Crippen LogP contribution in [-0.2, 0) is 0 Å². The Labute approximate surface area is 102 Å². The zero-order valence-corrected chi connectivity index (χ0v) is 10.6. The summed E-state index contributed by atoms with van der Waals surface area (Å²) in [7, 11) is 0. The van der Waals surface area contributed by atoms with Crippen LogP contribution in [0.4, 0.5) is 11.5 Å². The van der Waals surface area contributed by atoms with Crippen LogP contribution in [0.3, 0.4) is 0 Å². The lowest BCUT2D eigenvalue weighted by Crippen LogP contribution is -2.28. The highest BCUT2D eigenvalue weighted by Gasteiger charge is 2.11. The molecule has 5 heteroatoms. The molecule has 0 radical (unpaired) electrons. The van der Waals surface area contributed by atoms with Crippen LogP contribution in [0.2, 0.25) is 0 Å². The van der Waals surface area contributed by atoms with E-state index in [9.17, 15) is 10.1 Å². The lowest BCUT2D eigenvalue weighted by Gasteiger charge is -2.24. The molecular weight excluding hydrogens is 218 g/mol. The topological polar surface area (TPSA) is 59.3 Å². The van der Waals surface area contributed by atoms with Gasteiger partial charge in [0.1, 0.15) is 12.0 Å². The van der Waals surface area contributed by atoms with Gasteiger partial charge in [0.05, 0.1) is 4.92 Å². The number of hydrogen-bond donors (Lipinski definition) is 0. The Kier molecular flexibility index (Phi) is 4.87. The molecule has 1 unspecified atom stereocenters. The minimum absolute atomic E-state index is 0.0355. The van der Waals surface area contributed by atoms with E-state index in [1.54, 1.807) is 6.07 Å². The van der Waals surface area contributed by atoms with E-state index >= 15 is 0 Å². The van der Waals surface area contributed by atoms with Crippen LogP contribution < -0.4 is 4.90 Å². The molecule has 0 saturated heterocycles. The molecule has 1 aromatic heterocycles. The molecule has 0 aliphatic carbocycles. The third-order valence-electron chi connectivity index (χ3n) is 2.88. The van der Waals surface area contributed by atoms with Gasteiger partial charge < -0.3 is 4.90 Å². The molecule has 5 nitrogen and oxygen atoms in total. The Hall–Kier alpha value is -1.65. The van der Waals surface area contributed by atoms with Crippen molar-refractivity contribution in [3.05, 3.63) is 28.4 Å². The van der Waals surface area contributed by atoms with Gasteiger partial charge in [-0.1, -0.05) is 20.3 Å². The van der Waals surface area contributed by atoms with Crippen LogP contribution in [0.25, 0.3) is 0 Å². The molecule has 17 heavy (non-hydrogen) atoms. The van der Waals surface area contributed by atoms with E-state index in [1.165, 1.54) is 12.3 Å². The van der Waals surface area contributed by atoms with Crippen molar-refractivity contribution < 1.29 is 4.92 Å². The average molecular weight is 237 g/mol. The number of anilines is 1. The van der Waals surface area contributed by atoms with Crippen molar-refractivity contribution in [2.24, 2.45) is 5.92 Å². The monoisotopic (exact) mass is 237 g/mol. The highest BCUT2D eigenvalue weighted by atomic mass is 16.6. The van der Waals surface area contributed by atoms with Crippen LogP contribution in [0, 0.1) is 16.0 Å². The first kappa shape index (κ1) is 13.4. The summed E-state index contributed by atoms with van der Waals surface area (Å²) >= 11 is 0. The molecule has 0 aliphatic heterocycles. The average Bonchev–Trinajstić information content (AvgIpc) is 2.35. The standard InChI is InChI=1S/C12H19N3O2/c1-4-10(3)9-14(5-2)12-7-6-11(8-13-12)15(16)17/h6-8,10H,4-5,9H2,1-3H3. The molecule has 0 spiro atoms. The fourth-order valence-electron chi connectivity index (χ4n) is 1.56. The van der Waals surface area contributed by atoms with Crippen molar-refractivity contribution >= 4 is 11.5 Å². The maximum absolute atomic E-state index is 10.5. The van der Waals surface area contributed by atoms with Crippen LogP contribution in [0.15, 0.2) is 18.3 Å². The minimum Gasteiger partial charge on any atom is -0.357 e. The van der Waals surface area contributed by atoms with Gasteiger partial charge >= 0.3 is 0 Å². The van der Waals surface area contributed by atoms with Crippen molar-refractivity contribution in [1.82, 2.24) is 4.98 Å². The summed E-state index contributed by atoms with van der Waals surface area (Å²) in [6.07, 6.45) is 2.43. The summed E-state index contributed by atoms with van der Waals surface area (Å²) in [5.74, 6) is 1.39. The Balaban J connectivity index is 2.78. The largest absolute Gasteiger partial charge is 0.357 e. The Morgan fingerprint density at radius 3 is 2.59 bits per heavy atom. The van der Waals surface area contributed by atoms with Crippen molar-refractivity contribution in [2.45, 2.75) is 27.2 Å². The molecule has 0 saturated carbocycles. The molecule has 1 aromatic rings. The second kappa shape index (κ2) is 6.18. The van der Waals surface area contributed by atoms with Gasteiger partial charge in [-0.3, -0.25) is 10.1 Å². The SMILES string of the molecule is CCC(C)CN(CC)c1ccc([N+](=O)[O-])cn1. The first-order valence-corrected chi connectivity index (χ1v) is 5.93. The van der Waals surface area contributed by atoms with E-state index in [0.717, 1.165) is 25.3 Å². The Morgan fingerprint density at radius 2 is 2.18 bits per heavy atom. The Bertz CT molecular complexity index is 365. The molecular formula is C12H19N3O2. The predicted octanol–water partition coefficient (Wildman–Crippen LogP) is 2.86. The summed E-state index contributed by atoms with van der Waals surface area (Å²) in [4.78, 5) is 16.4. The number of nitrogens with zero attached hydrogens (tertiary/aromatic N) is 3. The van der Waals surface area contributed by atoms with Crippen LogP contribution in [0.1, 0.15) is 27.2 Å². The second-order valence-corrected chi connectivity index (χ2v) is 4.18. The fraction of sp³-hybridized carbons (Fsp3) is 0.583. The maximum atomic E-state index is 10.5. The van der Waals surface area contributed by atoms with Crippen molar-refractivity contribution in [3.63, 3.8) is 0 Å². The zero-order chi connectivity index (χ0) is 12.8. The van der Waals surface area contributed by atoms with Crippen molar-refractivity contribution in [2.75, 3.05) is 18.0 Å². The van der Waals surface area contributed by atoms with Gasteiger partial charge in [-0.2, -0.15) is 0 Å². The van der Waals surface area contributed by atoms with Crippen LogP contribution in [0.5, 0.6) is 0 Å². The summed E-state index contributed by atoms with van der Waals surface area (Å²) in [6, 6.07) is 3.21. The Morgan fingerprint density at radius 1 is 1.47 bits per heavy atom.